The summed E-state index contributed by atoms with van der Waals surface area (Å²) in [5, 5.41) is 16.6. The minimum atomic E-state index is -0.271. The first-order valence-electron chi connectivity index (χ1n) is 6.98. The number of aliphatic hydroxyl groups excluding tert-OH is 1. The molecule has 4 unspecified atom stereocenters. The lowest BCUT2D eigenvalue weighted by atomic mass is 10.1. The molecule has 0 aromatic carbocycles. The van der Waals surface area contributed by atoms with Crippen molar-refractivity contribution in [1.29, 1.82) is 0 Å². The molecule has 1 saturated heterocycles. The van der Waals surface area contributed by atoms with Crippen LogP contribution in [0.25, 0.3) is 0 Å². The molecule has 0 radical (unpaired) electrons. The van der Waals surface area contributed by atoms with E-state index in [0.29, 0.717) is 22.2 Å². The normalized spacial score (nSPS) is 29.4. The summed E-state index contributed by atoms with van der Waals surface area (Å²) in [5.74, 6) is 1.05. The first-order chi connectivity index (χ1) is 9.01. The molecule has 1 aliphatic rings. The highest BCUT2D eigenvalue weighted by molar-refractivity contribution is 8.07. The van der Waals surface area contributed by atoms with E-state index in [4.69, 9.17) is 0 Å². The molecule has 0 aliphatic carbocycles. The zero-order chi connectivity index (χ0) is 14.0. The van der Waals surface area contributed by atoms with Gasteiger partial charge in [-0.15, -0.1) is 0 Å². The molecule has 19 heavy (non-hydrogen) atoms. The van der Waals surface area contributed by atoms with Crippen LogP contribution in [0.1, 0.15) is 32.2 Å². The van der Waals surface area contributed by atoms with Crippen LogP contribution in [-0.2, 0) is 19.9 Å². The number of aromatic nitrogens is 2. The predicted molar refractivity (Wildman–Crippen MR) is 85.1 cm³/mol. The summed E-state index contributed by atoms with van der Waals surface area (Å²) >= 11 is 3.92. The van der Waals surface area contributed by atoms with E-state index < -0.39 is 0 Å². The summed E-state index contributed by atoms with van der Waals surface area (Å²) in [6.07, 6.45) is 1.39. The maximum Gasteiger partial charge on any atom is 0.0722 e. The van der Waals surface area contributed by atoms with Crippen LogP contribution in [0.15, 0.2) is 6.07 Å². The molecule has 108 valence electrons. The minimum Gasteiger partial charge on any atom is -0.392 e. The summed E-state index contributed by atoms with van der Waals surface area (Å²) in [6, 6.07) is 2.12. The van der Waals surface area contributed by atoms with Crippen molar-refractivity contribution in [2.45, 2.75) is 55.5 Å². The fraction of sp³-hybridized carbons (Fsp3) is 0.786. The maximum absolute atomic E-state index is 10.5. The molecule has 1 aromatic heterocycles. The van der Waals surface area contributed by atoms with Crippen molar-refractivity contribution in [1.82, 2.24) is 9.78 Å². The molecule has 1 N–H and O–H groups in total. The van der Waals surface area contributed by atoms with Crippen LogP contribution in [0.5, 0.6) is 0 Å². The molecule has 0 amide bonds. The summed E-state index contributed by atoms with van der Waals surface area (Å²) < 4.78 is 1.91. The quantitative estimate of drug-likeness (QED) is 0.927. The highest BCUT2D eigenvalue weighted by Gasteiger charge is 2.30. The number of rotatable bonds is 4. The Balaban J connectivity index is 1.96. The number of nitrogens with zero attached hydrogens (tertiary/aromatic N) is 2. The van der Waals surface area contributed by atoms with E-state index in [1.165, 1.54) is 0 Å². The van der Waals surface area contributed by atoms with E-state index in [-0.39, 0.29) is 6.10 Å². The van der Waals surface area contributed by atoms with Gasteiger partial charge < -0.3 is 5.11 Å². The molecular weight excluding hydrogens is 276 g/mol. The van der Waals surface area contributed by atoms with Gasteiger partial charge >= 0.3 is 0 Å². The van der Waals surface area contributed by atoms with Gasteiger partial charge in [-0.25, -0.2) is 0 Å². The topological polar surface area (TPSA) is 38.0 Å². The average molecular weight is 300 g/mol. The number of hydrogen-bond donors (Lipinski definition) is 1. The Hall–Kier alpha value is -0.130. The molecule has 2 heterocycles. The standard InChI is InChI=1S/C14H24N2OS2/c1-5-11-6-12(16(4)15-11)7-13(17)14-8-18-9(2)10(3)19-14/h6,9-10,13-14,17H,5,7-8H2,1-4H3. The van der Waals surface area contributed by atoms with Crippen molar-refractivity contribution in [3.05, 3.63) is 17.5 Å². The van der Waals surface area contributed by atoms with Gasteiger partial charge in [-0.1, -0.05) is 20.8 Å². The molecule has 0 saturated carbocycles. The van der Waals surface area contributed by atoms with Crippen LogP contribution in [0, 0.1) is 0 Å². The lowest BCUT2D eigenvalue weighted by molar-refractivity contribution is 0.174. The third-order valence-electron chi connectivity index (χ3n) is 3.81. The van der Waals surface area contributed by atoms with Crippen molar-refractivity contribution in [3.8, 4) is 0 Å². The zero-order valence-electron chi connectivity index (χ0n) is 12.2. The largest absolute Gasteiger partial charge is 0.392 e. The fourth-order valence-electron chi connectivity index (χ4n) is 2.29. The number of thioether (sulfide) groups is 2. The summed E-state index contributed by atoms with van der Waals surface area (Å²) in [4.78, 5) is 0. The van der Waals surface area contributed by atoms with Crippen molar-refractivity contribution >= 4 is 23.5 Å². The third-order valence-corrected chi connectivity index (χ3v) is 7.35. The Morgan fingerprint density at radius 3 is 2.79 bits per heavy atom. The Morgan fingerprint density at radius 1 is 1.47 bits per heavy atom. The summed E-state index contributed by atoms with van der Waals surface area (Å²) in [6.45, 7) is 6.65. The van der Waals surface area contributed by atoms with Gasteiger partial charge in [0.25, 0.3) is 0 Å². The Morgan fingerprint density at radius 2 is 2.21 bits per heavy atom. The van der Waals surface area contributed by atoms with E-state index in [1.807, 2.05) is 35.3 Å². The Bertz CT molecular complexity index is 422. The van der Waals surface area contributed by atoms with E-state index in [9.17, 15) is 5.11 Å². The number of aliphatic hydroxyl groups is 1. The highest BCUT2D eigenvalue weighted by atomic mass is 32.2. The second-order valence-corrected chi connectivity index (χ2v) is 8.33. The Kier molecular flexibility index (Phi) is 5.26. The molecule has 2 rings (SSSR count). The van der Waals surface area contributed by atoms with Crippen LogP contribution in [0.2, 0.25) is 0 Å². The van der Waals surface area contributed by atoms with Crippen molar-refractivity contribution in [2.24, 2.45) is 7.05 Å². The molecule has 1 aliphatic heterocycles. The minimum absolute atomic E-state index is 0.271. The number of hydrogen-bond acceptors (Lipinski definition) is 4. The maximum atomic E-state index is 10.5. The fourth-order valence-corrected chi connectivity index (χ4v) is 5.31. The SMILES string of the molecule is CCc1cc(CC(O)C2CSC(C)C(C)S2)n(C)n1. The zero-order valence-corrected chi connectivity index (χ0v) is 13.8. The molecule has 0 bridgehead atoms. The first-order valence-corrected chi connectivity index (χ1v) is 8.97. The molecule has 1 fully saturated rings. The van der Waals surface area contributed by atoms with Gasteiger partial charge in [-0.3, -0.25) is 4.68 Å². The van der Waals surface area contributed by atoms with E-state index in [0.717, 1.165) is 23.6 Å². The van der Waals surface area contributed by atoms with E-state index in [1.54, 1.807) is 0 Å². The molecule has 4 atom stereocenters. The molecule has 5 heteroatoms. The first kappa shape index (κ1) is 15.3. The Labute approximate surface area is 124 Å². The van der Waals surface area contributed by atoms with Crippen LogP contribution in [0.4, 0.5) is 0 Å². The average Bonchev–Trinajstić information content (AvgIpc) is 2.73. The van der Waals surface area contributed by atoms with Crippen LogP contribution in [0.3, 0.4) is 0 Å². The number of aryl methyl sites for hydroxylation is 2. The van der Waals surface area contributed by atoms with Gasteiger partial charge in [0.1, 0.15) is 0 Å². The van der Waals surface area contributed by atoms with Crippen molar-refractivity contribution in [2.75, 3.05) is 5.75 Å². The lowest BCUT2D eigenvalue weighted by Crippen LogP contribution is -2.35. The molecule has 1 aromatic rings. The summed E-state index contributed by atoms with van der Waals surface area (Å²) in [5.41, 5.74) is 2.25. The van der Waals surface area contributed by atoms with Gasteiger partial charge in [0.2, 0.25) is 0 Å². The lowest BCUT2D eigenvalue weighted by Gasteiger charge is -2.33. The second kappa shape index (κ2) is 6.55. The van der Waals surface area contributed by atoms with Gasteiger partial charge in [-0.05, 0) is 12.5 Å². The van der Waals surface area contributed by atoms with Gasteiger partial charge in [0, 0.05) is 40.7 Å². The van der Waals surface area contributed by atoms with Gasteiger partial charge in [0.15, 0.2) is 0 Å². The van der Waals surface area contributed by atoms with Crippen LogP contribution < -0.4 is 0 Å². The van der Waals surface area contributed by atoms with Gasteiger partial charge in [0.05, 0.1) is 11.8 Å². The van der Waals surface area contributed by atoms with E-state index in [2.05, 4.69) is 31.9 Å². The summed E-state index contributed by atoms with van der Waals surface area (Å²) in [7, 11) is 1.97. The van der Waals surface area contributed by atoms with Crippen LogP contribution in [-0.4, -0.2) is 42.5 Å². The molecule has 3 nitrogen and oxygen atoms in total. The molecule has 0 spiro atoms. The predicted octanol–water partition coefficient (Wildman–Crippen LogP) is 2.51. The van der Waals surface area contributed by atoms with Crippen LogP contribution >= 0.6 is 23.5 Å². The molecular formula is C14H24N2OS2. The smallest absolute Gasteiger partial charge is 0.0722 e. The van der Waals surface area contributed by atoms with E-state index >= 15 is 0 Å². The van der Waals surface area contributed by atoms with Crippen molar-refractivity contribution in [3.63, 3.8) is 0 Å². The van der Waals surface area contributed by atoms with Gasteiger partial charge in [-0.2, -0.15) is 28.6 Å². The monoisotopic (exact) mass is 300 g/mol. The van der Waals surface area contributed by atoms with Crippen molar-refractivity contribution < 1.29 is 5.11 Å². The highest BCUT2D eigenvalue weighted by Crippen LogP contribution is 2.37. The third kappa shape index (κ3) is 3.70. The second-order valence-electron chi connectivity index (χ2n) is 5.29.